The zero-order chi connectivity index (χ0) is 13.5. The van der Waals surface area contributed by atoms with E-state index in [0.717, 1.165) is 31.1 Å². The molecule has 1 aromatic rings. The third-order valence-corrected chi connectivity index (χ3v) is 3.73. The molecule has 0 amide bonds. The number of para-hydroxylation sites is 2. The minimum absolute atomic E-state index is 0.686. The summed E-state index contributed by atoms with van der Waals surface area (Å²) in [6.07, 6.45) is 2.45. The van der Waals surface area contributed by atoms with E-state index in [2.05, 4.69) is 10.2 Å². The molecule has 1 fully saturated rings. The van der Waals surface area contributed by atoms with Crippen LogP contribution in [0.15, 0.2) is 24.3 Å². The summed E-state index contributed by atoms with van der Waals surface area (Å²) < 4.78 is 11.1. The van der Waals surface area contributed by atoms with E-state index in [1.165, 1.54) is 12.8 Å². The third kappa shape index (κ3) is 4.11. The lowest BCUT2D eigenvalue weighted by atomic mass is 10.1. The van der Waals surface area contributed by atoms with Gasteiger partial charge in [0.2, 0.25) is 0 Å². The Kier molecular flexibility index (Phi) is 5.48. The number of nitrogens with zero attached hydrogens (tertiary/aromatic N) is 1. The SMILES string of the molecule is CNC1CCN(CCOc2ccccc2OC)CC1. The number of piperidine rings is 1. The average Bonchev–Trinajstić information content (AvgIpc) is 2.48. The van der Waals surface area contributed by atoms with Crippen molar-refractivity contribution in [3.63, 3.8) is 0 Å². The number of nitrogens with one attached hydrogen (secondary N) is 1. The summed E-state index contributed by atoms with van der Waals surface area (Å²) in [6, 6.07) is 8.48. The van der Waals surface area contributed by atoms with Gasteiger partial charge in [0.15, 0.2) is 11.5 Å². The van der Waals surface area contributed by atoms with Crippen molar-refractivity contribution in [2.75, 3.05) is 40.4 Å². The van der Waals surface area contributed by atoms with E-state index in [0.29, 0.717) is 12.6 Å². The highest BCUT2D eigenvalue weighted by Gasteiger charge is 2.17. The number of methoxy groups -OCH3 is 1. The highest BCUT2D eigenvalue weighted by Crippen LogP contribution is 2.25. The maximum atomic E-state index is 5.80. The first-order chi connectivity index (χ1) is 9.33. The van der Waals surface area contributed by atoms with Crippen molar-refractivity contribution in [2.45, 2.75) is 18.9 Å². The molecule has 0 aromatic heterocycles. The Hall–Kier alpha value is -1.26. The quantitative estimate of drug-likeness (QED) is 0.849. The van der Waals surface area contributed by atoms with E-state index in [1.54, 1.807) is 7.11 Å². The van der Waals surface area contributed by atoms with Crippen LogP contribution in [-0.2, 0) is 0 Å². The van der Waals surface area contributed by atoms with Crippen LogP contribution in [0.5, 0.6) is 11.5 Å². The fraction of sp³-hybridized carbons (Fsp3) is 0.600. The van der Waals surface area contributed by atoms with E-state index < -0.39 is 0 Å². The molecule has 1 aliphatic rings. The Balaban J connectivity index is 1.72. The maximum absolute atomic E-state index is 5.80. The lowest BCUT2D eigenvalue weighted by Crippen LogP contribution is -2.42. The van der Waals surface area contributed by atoms with Gasteiger partial charge in [-0.2, -0.15) is 0 Å². The Morgan fingerprint density at radius 2 is 1.89 bits per heavy atom. The van der Waals surface area contributed by atoms with Crippen molar-refractivity contribution in [1.82, 2.24) is 10.2 Å². The molecule has 0 radical (unpaired) electrons. The van der Waals surface area contributed by atoms with E-state index in [1.807, 2.05) is 31.3 Å². The van der Waals surface area contributed by atoms with Gasteiger partial charge in [-0.3, -0.25) is 4.90 Å². The van der Waals surface area contributed by atoms with Crippen LogP contribution in [-0.4, -0.2) is 51.3 Å². The first-order valence-electron chi connectivity index (χ1n) is 6.99. The molecular formula is C15H24N2O2. The molecule has 2 rings (SSSR count). The van der Waals surface area contributed by atoms with E-state index in [9.17, 15) is 0 Å². The van der Waals surface area contributed by atoms with Crippen LogP contribution in [0.3, 0.4) is 0 Å². The minimum atomic E-state index is 0.686. The average molecular weight is 264 g/mol. The predicted molar refractivity (Wildman–Crippen MR) is 77.0 cm³/mol. The van der Waals surface area contributed by atoms with Gasteiger partial charge >= 0.3 is 0 Å². The summed E-state index contributed by atoms with van der Waals surface area (Å²) >= 11 is 0. The van der Waals surface area contributed by atoms with Crippen molar-refractivity contribution in [2.24, 2.45) is 0 Å². The van der Waals surface area contributed by atoms with Crippen molar-refractivity contribution in [1.29, 1.82) is 0 Å². The van der Waals surface area contributed by atoms with Gasteiger partial charge in [0.25, 0.3) is 0 Å². The van der Waals surface area contributed by atoms with Crippen molar-refractivity contribution in [3.8, 4) is 11.5 Å². The Morgan fingerprint density at radius 1 is 1.21 bits per heavy atom. The molecule has 0 unspecified atom stereocenters. The van der Waals surface area contributed by atoms with Crippen LogP contribution < -0.4 is 14.8 Å². The van der Waals surface area contributed by atoms with Crippen LogP contribution in [0.4, 0.5) is 0 Å². The first kappa shape index (κ1) is 14.2. The topological polar surface area (TPSA) is 33.7 Å². The second kappa shape index (κ2) is 7.36. The highest BCUT2D eigenvalue weighted by molar-refractivity contribution is 5.39. The third-order valence-electron chi connectivity index (χ3n) is 3.73. The minimum Gasteiger partial charge on any atom is -0.493 e. The molecule has 1 saturated heterocycles. The number of hydrogen-bond donors (Lipinski definition) is 1. The van der Waals surface area contributed by atoms with Gasteiger partial charge in [-0.15, -0.1) is 0 Å². The summed E-state index contributed by atoms with van der Waals surface area (Å²) in [4.78, 5) is 2.46. The second-order valence-electron chi connectivity index (χ2n) is 4.90. The first-order valence-corrected chi connectivity index (χ1v) is 6.99. The number of hydrogen-bond acceptors (Lipinski definition) is 4. The maximum Gasteiger partial charge on any atom is 0.161 e. The molecule has 19 heavy (non-hydrogen) atoms. The van der Waals surface area contributed by atoms with Crippen LogP contribution in [0, 0.1) is 0 Å². The van der Waals surface area contributed by atoms with Crippen LogP contribution in [0.25, 0.3) is 0 Å². The van der Waals surface area contributed by atoms with Crippen molar-refractivity contribution >= 4 is 0 Å². The highest BCUT2D eigenvalue weighted by atomic mass is 16.5. The van der Waals surface area contributed by atoms with Gasteiger partial charge < -0.3 is 14.8 Å². The molecule has 4 heteroatoms. The Labute approximate surface area is 115 Å². The lowest BCUT2D eigenvalue weighted by Gasteiger charge is -2.31. The van der Waals surface area contributed by atoms with E-state index in [4.69, 9.17) is 9.47 Å². The molecule has 0 bridgehead atoms. The second-order valence-corrected chi connectivity index (χ2v) is 4.90. The largest absolute Gasteiger partial charge is 0.493 e. The molecule has 4 nitrogen and oxygen atoms in total. The fourth-order valence-electron chi connectivity index (χ4n) is 2.47. The Morgan fingerprint density at radius 3 is 2.53 bits per heavy atom. The van der Waals surface area contributed by atoms with Crippen LogP contribution in [0.2, 0.25) is 0 Å². The molecular weight excluding hydrogens is 240 g/mol. The molecule has 106 valence electrons. The zero-order valence-electron chi connectivity index (χ0n) is 11.9. The number of ether oxygens (including phenoxy) is 2. The molecule has 1 aliphatic heterocycles. The number of likely N-dealkylation sites (tertiary alicyclic amines) is 1. The molecule has 0 atom stereocenters. The summed E-state index contributed by atoms with van der Waals surface area (Å²) in [5, 5.41) is 3.35. The van der Waals surface area contributed by atoms with E-state index >= 15 is 0 Å². The molecule has 0 aliphatic carbocycles. The van der Waals surface area contributed by atoms with Gasteiger partial charge in [-0.25, -0.2) is 0 Å². The summed E-state index contributed by atoms with van der Waals surface area (Å²) in [7, 11) is 3.72. The normalized spacial score (nSPS) is 17.4. The molecule has 1 aromatic carbocycles. The summed E-state index contributed by atoms with van der Waals surface area (Å²) in [6.45, 7) is 4.00. The van der Waals surface area contributed by atoms with Gasteiger partial charge in [-0.1, -0.05) is 12.1 Å². The van der Waals surface area contributed by atoms with Gasteiger partial charge in [-0.05, 0) is 45.1 Å². The lowest BCUT2D eigenvalue weighted by molar-refractivity contribution is 0.165. The molecule has 0 saturated carbocycles. The summed E-state index contributed by atoms with van der Waals surface area (Å²) in [5.74, 6) is 1.63. The fourth-order valence-corrected chi connectivity index (χ4v) is 2.47. The van der Waals surface area contributed by atoms with Crippen molar-refractivity contribution < 1.29 is 9.47 Å². The molecule has 1 heterocycles. The monoisotopic (exact) mass is 264 g/mol. The van der Waals surface area contributed by atoms with Gasteiger partial charge in [0.1, 0.15) is 6.61 Å². The Bertz CT molecular complexity index is 376. The number of benzene rings is 1. The smallest absolute Gasteiger partial charge is 0.161 e. The predicted octanol–water partition coefficient (Wildman–Crippen LogP) is 1.76. The zero-order valence-corrected chi connectivity index (χ0v) is 11.9. The molecule has 1 N–H and O–H groups in total. The number of rotatable bonds is 6. The summed E-state index contributed by atoms with van der Waals surface area (Å²) in [5.41, 5.74) is 0. The van der Waals surface area contributed by atoms with Crippen molar-refractivity contribution in [3.05, 3.63) is 24.3 Å². The van der Waals surface area contributed by atoms with Crippen LogP contribution >= 0.6 is 0 Å². The standard InChI is InChI=1S/C15H24N2O2/c1-16-13-7-9-17(10-8-13)11-12-19-15-6-4-3-5-14(15)18-2/h3-6,13,16H,7-12H2,1-2H3. The van der Waals surface area contributed by atoms with E-state index in [-0.39, 0.29) is 0 Å². The van der Waals surface area contributed by atoms with Gasteiger partial charge in [0.05, 0.1) is 7.11 Å². The van der Waals surface area contributed by atoms with Crippen LogP contribution in [0.1, 0.15) is 12.8 Å². The van der Waals surface area contributed by atoms with Gasteiger partial charge in [0, 0.05) is 12.6 Å². The molecule has 0 spiro atoms.